The number of hydrogen-bond donors (Lipinski definition) is 2. The van der Waals surface area contributed by atoms with Gasteiger partial charge in [0, 0.05) is 6.42 Å². The van der Waals surface area contributed by atoms with Crippen LogP contribution in [0.25, 0.3) is 0 Å². The molecule has 1 saturated heterocycles. The summed E-state index contributed by atoms with van der Waals surface area (Å²) in [7, 11) is -2.75. The molecule has 0 aromatic rings. The van der Waals surface area contributed by atoms with Crippen molar-refractivity contribution in [3.05, 3.63) is 0 Å². The smallest absolute Gasteiger partial charge is 0.156 e. The normalized spacial score (nSPS) is 24.7. The first kappa shape index (κ1) is 12.1. The van der Waals surface area contributed by atoms with Gasteiger partial charge < -0.3 is 35.5 Å². The molecule has 4 nitrogen and oxygen atoms in total. The molecule has 82 valence electrons. The lowest BCUT2D eigenvalue weighted by Gasteiger charge is -2.10. The lowest BCUT2D eigenvalue weighted by molar-refractivity contribution is -0.682. The number of sulfone groups is 1. The monoisotopic (exact) mass is 254 g/mol. The molecule has 0 aromatic heterocycles. The second-order valence-electron chi connectivity index (χ2n) is 3.40. The van der Waals surface area contributed by atoms with Crippen molar-refractivity contribution >= 4 is 39.0 Å². The molecule has 1 fully saturated rings. The van der Waals surface area contributed by atoms with E-state index in [9.17, 15) is 8.42 Å². The van der Waals surface area contributed by atoms with E-state index >= 15 is 0 Å². The Morgan fingerprint density at radius 1 is 1.64 bits per heavy atom. The minimum absolute atomic E-state index is 0.223. The summed E-state index contributed by atoms with van der Waals surface area (Å²) in [6.07, 6.45) is 0.765. The first-order valence-corrected chi connectivity index (χ1v) is 7.12. The first-order valence-electron chi connectivity index (χ1n) is 4.48. The van der Waals surface area contributed by atoms with Crippen LogP contribution >= 0.6 is 12.2 Å². The number of thiocarbonyl (C=S) groups is 1. The number of quaternary nitrogens is 1. The van der Waals surface area contributed by atoms with Crippen LogP contribution in [0.1, 0.15) is 6.42 Å². The fourth-order valence-electron chi connectivity index (χ4n) is 1.50. The molecule has 1 aliphatic heterocycles. The molecule has 1 heterocycles. The molecule has 7 heteroatoms. The summed E-state index contributed by atoms with van der Waals surface area (Å²) in [5.74, 6) is 0.645. The Morgan fingerprint density at radius 2 is 2.36 bits per heavy atom. The molecule has 14 heavy (non-hydrogen) atoms. The van der Waals surface area contributed by atoms with Gasteiger partial charge in [-0.25, -0.2) is 8.42 Å². The molecule has 0 saturated carbocycles. The van der Waals surface area contributed by atoms with Gasteiger partial charge in [0.2, 0.25) is 0 Å². The van der Waals surface area contributed by atoms with Gasteiger partial charge in [0.05, 0.1) is 18.8 Å². The Labute approximate surface area is 95.2 Å². The molecular weight excluding hydrogens is 240 g/mol. The molecule has 0 aromatic carbocycles. The number of nitrogens with one attached hydrogen (secondary N) is 1. The summed E-state index contributed by atoms with van der Waals surface area (Å²) in [5.41, 5.74) is 0. The number of rotatable bonds is 4. The zero-order valence-corrected chi connectivity index (χ0v) is 10.2. The summed E-state index contributed by atoms with van der Waals surface area (Å²) in [5, 5.41) is 4.90. The predicted molar refractivity (Wildman–Crippen MR) is 61.8 cm³/mol. The van der Waals surface area contributed by atoms with Crippen LogP contribution < -0.4 is 10.6 Å². The van der Waals surface area contributed by atoms with Gasteiger partial charge in [-0.05, 0) is 0 Å². The van der Waals surface area contributed by atoms with E-state index in [1.807, 2.05) is 5.32 Å². The van der Waals surface area contributed by atoms with E-state index < -0.39 is 9.84 Å². The van der Waals surface area contributed by atoms with Crippen molar-refractivity contribution in [2.24, 2.45) is 0 Å². The van der Waals surface area contributed by atoms with Gasteiger partial charge in [-0.15, -0.1) is 0 Å². The van der Waals surface area contributed by atoms with Crippen molar-refractivity contribution < 1.29 is 13.7 Å². The lowest BCUT2D eigenvalue weighted by Crippen LogP contribution is -2.91. The van der Waals surface area contributed by atoms with Crippen LogP contribution in [0.5, 0.6) is 0 Å². The van der Waals surface area contributed by atoms with E-state index in [1.54, 1.807) is 0 Å². The van der Waals surface area contributed by atoms with Crippen molar-refractivity contribution in [2.75, 3.05) is 24.6 Å². The van der Waals surface area contributed by atoms with Crippen molar-refractivity contribution in [1.29, 1.82) is 0 Å². The predicted octanol–water partition coefficient (Wildman–Crippen LogP) is -1.84. The van der Waals surface area contributed by atoms with E-state index in [1.165, 1.54) is 0 Å². The molecule has 0 amide bonds. The highest BCUT2D eigenvalue weighted by atomic mass is 32.2. The molecule has 1 atom stereocenters. The minimum Gasteiger partial charge on any atom is -0.412 e. The summed E-state index contributed by atoms with van der Waals surface area (Å²) < 4.78 is 22.6. The van der Waals surface area contributed by atoms with Gasteiger partial charge in [-0.1, -0.05) is 4.32 Å². The molecule has 0 unspecified atom stereocenters. The Bertz CT molecular complexity index is 302. The lowest BCUT2D eigenvalue weighted by atomic mass is 10.3. The van der Waals surface area contributed by atoms with Crippen molar-refractivity contribution in [3.8, 4) is 0 Å². The third-order valence-corrected chi connectivity index (χ3v) is 4.26. The molecule has 0 spiro atoms. The van der Waals surface area contributed by atoms with Crippen LogP contribution in [0.3, 0.4) is 0 Å². The molecule has 0 bridgehead atoms. The fourth-order valence-corrected chi connectivity index (χ4v) is 3.49. The Balaban J connectivity index is 2.12. The Kier molecular flexibility index (Phi) is 4.49. The van der Waals surface area contributed by atoms with Crippen LogP contribution in [0.2, 0.25) is 0 Å². The minimum atomic E-state index is -2.75. The van der Waals surface area contributed by atoms with E-state index in [0.29, 0.717) is 22.4 Å². The zero-order valence-electron chi connectivity index (χ0n) is 7.73. The van der Waals surface area contributed by atoms with Gasteiger partial charge >= 0.3 is 0 Å². The quantitative estimate of drug-likeness (QED) is 0.351. The highest BCUT2D eigenvalue weighted by Crippen LogP contribution is 2.07. The summed E-state index contributed by atoms with van der Waals surface area (Å²) in [6, 6.07) is 0.223. The molecule has 3 N–H and O–H groups in total. The van der Waals surface area contributed by atoms with E-state index in [0.717, 1.165) is 13.0 Å². The maximum absolute atomic E-state index is 11.1. The van der Waals surface area contributed by atoms with Crippen LogP contribution in [0, 0.1) is 0 Å². The topological polar surface area (TPSA) is 62.8 Å². The van der Waals surface area contributed by atoms with Gasteiger partial charge in [0.1, 0.15) is 11.8 Å². The van der Waals surface area contributed by atoms with Crippen LogP contribution in [0.4, 0.5) is 0 Å². The maximum atomic E-state index is 11.1. The van der Waals surface area contributed by atoms with E-state index in [2.05, 4.69) is 30.2 Å². The zero-order chi connectivity index (χ0) is 10.6. The van der Waals surface area contributed by atoms with Gasteiger partial charge in [0.25, 0.3) is 0 Å². The van der Waals surface area contributed by atoms with E-state index in [4.69, 9.17) is 0 Å². The average Bonchev–Trinajstić information content (AvgIpc) is 2.39. The van der Waals surface area contributed by atoms with Crippen LogP contribution in [-0.2, 0) is 22.5 Å². The second-order valence-corrected chi connectivity index (χ2v) is 6.71. The van der Waals surface area contributed by atoms with Gasteiger partial charge in [-0.2, -0.15) is 0 Å². The molecular formula is C7H14N2O2S3. The number of hydrogen-bond acceptors (Lipinski definition) is 4. The SMILES string of the molecule is O=S1(=O)CC[C@@H]([NH2+]CCNC(=S)[S-])C1. The standard InChI is InChI=1S/C7H14N2O2S3/c10-14(11)4-1-6(5-14)8-2-3-9-7(12)13/h6,8H,1-5H2,(H2,9,12,13)/t6-/m1/s1. The average molecular weight is 254 g/mol. The third-order valence-electron chi connectivity index (χ3n) is 2.18. The van der Waals surface area contributed by atoms with Gasteiger partial charge in [0.15, 0.2) is 9.84 Å². The van der Waals surface area contributed by atoms with Crippen LogP contribution in [-0.4, -0.2) is 43.4 Å². The first-order chi connectivity index (χ1) is 6.49. The Morgan fingerprint density at radius 3 is 2.86 bits per heavy atom. The second kappa shape index (κ2) is 5.20. The number of nitrogens with two attached hydrogens (primary N) is 1. The molecule has 1 aliphatic rings. The maximum Gasteiger partial charge on any atom is 0.156 e. The summed E-state index contributed by atoms with van der Waals surface area (Å²) >= 11 is 9.35. The van der Waals surface area contributed by atoms with Crippen molar-refractivity contribution in [1.82, 2.24) is 5.32 Å². The van der Waals surface area contributed by atoms with Crippen molar-refractivity contribution in [3.63, 3.8) is 0 Å². The van der Waals surface area contributed by atoms with Crippen LogP contribution in [0.15, 0.2) is 0 Å². The molecule has 0 aliphatic carbocycles. The summed E-state index contributed by atoms with van der Waals surface area (Å²) in [4.78, 5) is 0. The third kappa shape index (κ3) is 4.50. The Hall–Kier alpha value is 0.0200. The van der Waals surface area contributed by atoms with Gasteiger partial charge in [-0.3, -0.25) is 0 Å². The highest BCUT2D eigenvalue weighted by Gasteiger charge is 2.29. The highest BCUT2D eigenvalue weighted by molar-refractivity contribution is 8.00. The van der Waals surface area contributed by atoms with Crippen molar-refractivity contribution in [2.45, 2.75) is 12.5 Å². The molecule has 0 radical (unpaired) electrons. The van der Waals surface area contributed by atoms with E-state index in [-0.39, 0.29) is 6.04 Å². The summed E-state index contributed by atoms with van der Waals surface area (Å²) in [6.45, 7) is 1.52. The molecule has 1 rings (SSSR count). The largest absolute Gasteiger partial charge is 0.412 e. The fraction of sp³-hybridized carbons (Fsp3) is 0.857.